The molecule has 1 aromatic heterocycles. The van der Waals surface area contributed by atoms with Crippen molar-refractivity contribution in [2.24, 2.45) is 12.0 Å². The Morgan fingerprint density at radius 2 is 1.94 bits per heavy atom. The van der Waals surface area contributed by atoms with Crippen molar-refractivity contribution >= 4 is 17.6 Å². The largest absolute Gasteiger partial charge is 0.495 e. The van der Waals surface area contributed by atoms with Crippen molar-refractivity contribution in [1.29, 1.82) is 0 Å². The lowest BCUT2D eigenvalue weighted by molar-refractivity contribution is 0.0976. The second-order valence-electron chi connectivity index (χ2n) is 7.79. The third-order valence-electron chi connectivity index (χ3n) is 5.53. The molecule has 0 radical (unpaired) electrons. The Morgan fingerprint density at radius 1 is 1.15 bits per heavy atom. The zero-order valence-corrected chi connectivity index (χ0v) is 19.4. The number of carbonyl (C=O) groups excluding carboxylic acids is 1. The molecule has 0 spiro atoms. The molecule has 2 heterocycles. The van der Waals surface area contributed by atoms with E-state index in [-0.39, 0.29) is 12.7 Å². The van der Waals surface area contributed by atoms with Gasteiger partial charge in [-0.3, -0.25) is 14.8 Å². The first-order valence-electron chi connectivity index (χ1n) is 10.5. The predicted molar refractivity (Wildman–Crippen MR) is 125 cm³/mol. The first-order chi connectivity index (χ1) is 15.9. The van der Waals surface area contributed by atoms with Gasteiger partial charge in [0, 0.05) is 23.9 Å². The molecule has 0 atom stereocenters. The number of nitrogens with one attached hydrogen (secondary N) is 2. The van der Waals surface area contributed by atoms with Gasteiger partial charge < -0.3 is 19.5 Å². The fourth-order valence-corrected chi connectivity index (χ4v) is 3.58. The van der Waals surface area contributed by atoms with Crippen molar-refractivity contribution in [2.45, 2.75) is 27.3 Å². The quantitative estimate of drug-likeness (QED) is 0.457. The lowest BCUT2D eigenvalue weighted by Crippen LogP contribution is -2.36. The highest BCUT2D eigenvalue weighted by Gasteiger charge is 2.18. The fraction of sp³-hybridized carbons (Fsp3) is 0.292. The molecule has 2 aromatic carbocycles. The summed E-state index contributed by atoms with van der Waals surface area (Å²) in [4.78, 5) is 17.7. The Hall–Kier alpha value is -4.01. The summed E-state index contributed by atoms with van der Waals surface area (Å²) in [7, 11) is 3.49. The zero-order chi connectivity index (χ0) is 23.5. The smallest absolute Gasteiger partial charge is 0.258 e. The van der Waals surface area contributed by atoms with E-state index >= 15 is 0 Å². The van der Waals surface area contributed by atoms with Gasteiger partial charge in [-0.2, -0.15) is 5.10 Å². The van der Waals surface area contributed by atoms with Crippen LogP contribution in [-0.2, 0) is 13.6 Å². The number of aryl methyl sites for hydroxylation is 3. The van der Waals surface area contributed by atoms with Gasteiger partial charge >= 0.3 is 0 Å². The number of anilines is 1. The fourth-order valence-electron chi connectivity index (χ4n) is 3.58. The first kappa shape index (κ1) is 22.2. The molecule has 0 unspecified atom stereocenters. The van der Waals surface area contributed by atoms with Crippen LogP contribution in [0.3, 0.4) is 0 Å². The zero-order valence-electron chi connectivity index (χ0n) is 19.4. The number of rotatable bonds is 5. The summed E-state index contributed by atoms with van der Waals surface area (Å²) in [6.45, 7) is 6.41. The van der Waals surface area contributed by atoms with Crippen LogP contribution in [0, 0.1) is 20.8 Å². The maximum Gasteiger partial charge on any atom is 0.258 e. The number of aromatic nitrogens is 2. The molecule has 0 saturated carbocycles. The molecule has 0 aliphatic carbocycles. The molecule has 1 aliphatic rings. The van der Waals surface area contributed by atoms with E-state index in [1.54, 1.807) is 25.3 Å². The number of ether oxygens (including phenoxy) is 3. The van der Waals surface area contributed by atoms with Gasteiger partial charge in [0.1, 0.15) is 5.75 Å². The molecule has 4 rings (SSSR count). The summed E-state index contributed by atoms with van der Waals surface area (Å²) >= 11 is 0. The van der Waals surface area contributed by atoms with Crippen LogP contribution in [0.25, 0.3) is 0 Å². The van der Waals surface area contributed by atoms with Crippen molar-refractivity contribution in [3.05, 3.63) is 64.5 Å². The standard InChI is InChI=1S/C24H27N5O4/c1-14-6-8-20(31-5)19(10-14)26-24(25-12-18-15(2)28-29(4)16(18)3)27-23(30)17-7-9-21-22(11-17)33-13-32-21/h6-11H,12-13H2,1-5H3,(H2,25,26,27,30). The Labute approximate surface area is 192 Å². The van der Waals surface area contributed by atoms with Gasteiger partial charge in [0.05, 0.1) is 25.0 Å². The third-order valence-corrected chi connectivity index (χ3v) is 5.53. The molecular formula is C24H27N5O4. The van der Waals surface area contributed by atoms with E-state index in [4.69, 9.17) is 14.2 Å². The molecule has 33 heavy (non-hydrogen) atoms. The van der Waals surface area contributed by atoms with E-state index in [0.717, 1.165) is 22.5 Å². The van der Waals surface area contributed by atoms with Gasteiger partial charge in [0.2, 0.25) is 12.8 Å². The second-order valence-corrected chi connectivity index (χ2v) is 7.79. The Bertz CT molecular complexity index is 1230. The molecule has 2 N–H and O–H groups in total. The van der Waals surface area contributed by atoms with Gasteiger partial charge in [-0.05, 0) is 56.7 Å². The van der Waals surface area contributed by atoms with Crippen molar-refractivity contribution in [1.82, 2.24) is 15.1 Å². The van der Waals surface area contributed by atoms with Gasteiger partial charge in [-0.1, -0.05) is 6.07 Å². The summed E-state index contributed by atoms with van der Waals surface area (Å²) in [5, 5.41) is 10.5. The van der Waals surface area contributed by atoms with E-state index in [1.807, 2.05) is 50.7 Å². The molecule has 3 aromatic rings. The number of nitrogens with zero attached hydrogens (tertiary/aromatic N) is 3. The monoisotopic (exact) mass is 449 g/mol. The van der Waals surface area contributed by atoms with Crippen molar-refractivity contribution < 1.29 is 19.0 Å². The minimum atomic E-state index is -0.328. The van der Waals surface area contributed by atoms with Crippen LogP contribution in [0.5, 0.6) is 17.2 Å². The number of fused-ring (bicyclic) bond motifs is 1. The van der Waals surface area contributed by atoms with Crippen LogP contribution in [0.1, 0.15) is 32.9 Å². The van der Waals surface area contributed by atoms with Crippen molar-refractivity contribution in [3.8, 4) is 17.2 Å². The second kappa shape index (κ2) is 9.23. The number of hydrogen-bond donors (Lipinski definition) is 2. The molecule has 0 saturated heterocycles. The number of benzene rings is 2. The van der Waals surface area contributed by atoms with Crippen LogP contribution >= 0.6 is 0 Å². The minimum absolute atomic E-state index is 0.144. The first-order valence-corrected chi connectivity index (χ1v) is 10.5. The Kier molecular flexibility index (Phi) is 6.21. The van der Waals surface area contributed by atoms with Crippen molar-refractivity contribution in [3.63, 3.8) is 0 Å². The van der Waals surface area contributed by atoms with Crippen LogP contribution in [0.15, 0.2) is 41.4 Å². The van der Waals surface area contributed by atoms with Crippen LogP contribution < -0.4 is 24.8 Å². The number of guanidine groups is 1. The highest BCUT2D eigenvalue weighted by Crippen LogP contribution is 2.32. The lowest BCUT2D eigenvalue weighted by atomic mass is 10.2. The molecule has 1 aliphatic heterocycles. The summed E-state index contributed by atoms with van der Waals surface area (Å²) in [6, 6.07) is 10.8. The average molecular weight is 450 g/mol. The molecule has 0 fully saturated rings. The summed E-state index contributed by atoms with van der Waals surface area (Å²) in [5.41, 5.74) is 5.09. The average Bonchev–Trinajstić information content (AvgIpc) is 3.35. The summed E-state index contributed by atoms with van der Waals surface area (Å²) < 4.78 is 18.0. The van der Waals surface area contributed by atoms with Gasteiger partial charge in [-0.15, -0.1) is 0 Å². The SMILES string of the molecule is COc1ccc(C)cc1NC(=NCc1c(C)nn(C)c1C)NC(=O)c1ccc2c(c1)OCO2. The molecule has 9 heteroatoms. The van der Waals surface area contributed by atoms with Gasteiger partial charge in [-0.25, -0.2) is 4.99 Å². The Morgan fingerprint density at radius 3 is 2.67 bits per heavy atom. The Balaban J connectivity index is 1.63. The van der Waals surface area contributed by atoms with Crippen molar-refractivity contribution in [2.75, 3.05) is 19.2 Å². The normalized spacial score (nSPS) is 12.6. The maximum absolute atomic E-state index is 13.0. The van der Waals surface area contributed by atoms with E-state index in [2.05, 4.69) is 20.7 Å². The van der Waals surface area contributed by atoms with Gasteiger partial charge in [0.25, 0.3) is 5.91 Å². The minimum Gasteiger partial charge on any atom is -0.495 e. The molecule has 0 bridgehead atoms. The molecule has 9 nitrogen and oxygen atoms in total. The summed E-state index contributed by atoms with van der Waals surface area (Å²) in [6.07, 6.45) is 0. The molecule has 1 amide bonds. The third kappa shape index (κ3) is 4.77. The number of hydrogen-bond acceptors (Lipinski definition) is 6. The topological polar surface area (TPSA) is 99.0 Å². The highest BCUT2D eigenvalue weighted by atomic mass is 16.7. The van der Waals surface area contributed by atoms with E-state index in [0.29, 0.717) is 41.0 Å². The van der Waals surface area contributed by atoms with Crippen LogP contribution in [0.4, 0.5) is 5.69 Å². The van der Waals surface area contributed by atoms with E-state index in [9.17, 15) is 4.79 Å². The van der Waals surface area contributed by atoms with Crippen LogP contribution in [-0.4, -0.2) is 35.5 Å². The number of methoxy groups -OCH3 is 1. The maximum atomic E-state index is 13.0. The highest BCUT2D eigenvalue weighted by molar-refractivity contribution is 6.10. The number of carbonyl (C=O) groups is 1. The van der Waals surface area contributed by atoms with Crippen LogP contribution in [0.2, 0.25) is 0 Å². The molecule has 172 valence electrons. The number of amides is 1. The number of aliphatic imine (C=N–C) groups is 1. The lowest BCUT2D eigenvalue weighted by Gasteiger charge is -2.15. The van der Waals surface area contributed by atoms with Gasteiger partial charge in [0.15, 0.2) is 11.5 Å². The molecular weight excluding hydrogens is 422 g/mol. The van der Waals surface area contributed by atoms with E-state index in [1.165, 1.54) is 0 Å². The predicted octanol–water partition coefficient (Wildman–Crippen LogP) is 3.48. The van der Waals surface area contributed by atoms with E-state index < -0.39 is 0 Å². The summed E-state index contributed by atoms with van der Waals surface area (Å²) in [5.74, 6) is 1.76.